The lowest BCUT2D eigenvalue weighted by molar-refractivity contribution is -0.137. The summed E-state index contributed by atoms with van der Waals surface area (Å²) in [6, 6.07) is 4.63. The number of aromatic amines is 2. The molecule has 1 fully saturated rings. The summed E-state index contributed by atoms with van der Waals surface area (Å²) >= 11 is 0. The van der Waals surface area contributed by atoms with Gasteiger partial charge in [-0.1, -0.05) is 0 Å². The van der Waals surface area contributed by atoms with E-state index in [2.05, 4.69) is 14.7 Å². The highest BCUT2D eigenvalue weighted by Crippen LogP contribution is 2.29. The minimum Gasteiger partial charge on any atom is -0.481 e. The summed E-state index contributed by atoms with van der Waals surface area (Å²) in [5.41, 5.74) is 1.40. The maximum absolute atomic E-state index is 12.5. The highest BCUT2D eigenvalue weighted by atomic mass is 32.2. The molecule has 0 radical (unpaired) electrons. The van der Waals surface area contributed by atoms with Crippen molar-refractivity contribution in [3.8, 4) is 0 Å². The molecule has 2 aromatic heterocycles. The molecule has 1 aliphatic rings. The Morgan fingerprint density at radius 2 is 2.07 bits per heavy atom. The van der Waals surface area contributed by atoms with Crippen molar-refractivity contribution in [3.05, 3.63) is 40.3 Å². The van der Waals surface area contributed by atoms with Crippen molar-refractivity contribution < 1.29 is 18.3 Å². The molecule has 0 bridgehead atoms. The average molecular weight is 389 g/mol. The van der Waals surface area contributed by atoms with E-state index in [-0.39, 0.29) is 22.9 Å². The Morgan fingerprint density at radius 1 is 1.30 bits per heavy atom. The fourth-order valence-corrected chi connectivity index (χ4v) is 4.59. The van der Waals surface area contributed by atoms with Crippen molar-refractivity contribution in [1.29, 1.82) is 0 Å². The van der Waals surface area contributed by atoms with Crippen LogP contribution in [0.2, 0.25) is 0 Å². The van der Waals surface area contributed by atoms with Crippen LogP contribution in [0, 0.1) is 0 Å². The number of nitrogens with one attached hydrogen (secondary N) is 3. The van der Waals surface area contributed by atoms with E-state index in [0.29, 0.717) is 34.6 Å². The van der Waals surface area contributed by atoms with Crippen molar-refractivity contribution in [2.24, 2.45) is 0 Å². The van der Waals surface area contributed by atoms with Gasteiger partial charge in [-0.25, -0.2) is 13.1 Å². The van der Waals surface area contributed by atoms with Crippen LogP contribution < -0.4 is 10.3 Å². The van der Waals surface area contributed by atoms with Gasteiger partial charge >= 0.3 is 5.97 Å². The van der Waals surface area contributed by atoms with E-state index in [0.717, 1.165) is 18.4 Å². The number of aromatic nitrogens is 2. The van der Waals surface area contributed by atoms with Crippen LogP contribution in [0.5, 0.6) is 0 Å². The summed E-state index contributed by atoms with van der Waals surface area (Å²) in [6.45, 7) is 0. The first-order chi connectivity index (χ1) is 12.8. The molecule has 4 rings (SSSR count). The molecule has 9 heteroatoms. The van der Waals surface area contributed by atoms with Gasteiger partial charge in [0, 0.05) is 34.9 Å². The molecule has 0 amide bonds. The van der Waals surface area contributed by atoms with Gasteiger partial charge < -0.3 is 15.1 Å². The number of fused-ring (bicyclic) bond motifs is 3. The van der Waals surface area contributed by atoms with Crippen LogP contribution in [0.1, 0.15) is 31.2 Å². The Hall–Kier alpha value is -2.65. The SMILES string of the molecule is O=C(O)CCCc1c[nH]c2c(=O)[nH]c3ccc(S(=O)(=O)NC4CC4)cc3c12. The van der Waals surface area contributed by atoms with E-state index < -0.39 is 16.0 Å². The summed E-state index contributed by atoms with van der Waals surface area (Å²) in [5, 5.41) is 10.1. The standard InChI is InChI=1S/C18H19N3O5S/c22-15(23)3-1-2-10-9-19-17-16(10)13-8-12(6-7-14(13)20-18(17)24)27(25,26)21-11-4-5-11/h6-9,11,19,21H,1-5H2,(H,20,24)(H,22,23). The maximum Gasteiger partial charge on any atom is 0.303 e. The van der Waals surface area contributed by atoms with E-state index in [1.807, 2.05) is 0 Å². The number of hydrogen-bond donors (Lipinski definition) is 4. The minimum atomic E-state index is -3.62. The second-order valence-electron chi connectivity index (χ2n) is 6.87. The first-order valence-electron chi connectivity index (χ1n) is 8.75. The number of aliphatic carboxylic acids is 1. The van der Waals surface area contributed by atoms with Crippen LogP contribution in [-0.2, 0) is 21.2 Å². The van der Waals surface area contributed by atoms with E-state index >= 15 is 0 Å². The largest absolute Gasteiger partial charge is 0.481 e. The van der Waals surface area contributed by atoms with Gasteiger partial charge in [-0.3, -0.25) is 9.59 Å². The lowest BCUT2D eigenvalue weighted by Crippen LogP contribution is -2.25. The highest BCUT2D eigenvalue weighted by molar-refractivity contribution is 7.89. The number of aryl methyl sites for hydroxylation is 1. The van der Waals surface area contributed by atoms with Gasteiger partial charge in [0.2, 0.25) is 10.0 Å². The van der Waals surface area contributed by atoms with Crippen molar-refractivity contribution in [2.45, 2.75) is 43.0 Å². The monoisotopic (exact) mass is 389 g/mol. The Bertz CT molecular complexity index is 1200. The molecule has 8 nitrogen and oxygen atoms in total. The summed E-state index contributed by atoms with van der Waals surface area (Å²) in [6.07, 6.45) is 4.30. The van der Waals surface area contributed by atoms with Crippen LogP contribution in [-0.4, -0.2) is 35.5 Å². The number of rotatable bonds is 7. The predicted molar refractivity (Wildman–Crippen MR) is 100 cm³/mol. The fourth-order valence-electron chi connectivity index (χ4n) is 3.26. The second-order valence-corrected chi connectivity index (χ2v) is 8.58. The van der Waals surface area contributed by atoms with Gasteiger partial charge in [0.1, 0.15) is 5.52 Å². The van der Waals surface area contributed by atoms with Crippen LogP contribution in [0.15, 0.2) is 34.1 Å². The van der Waals surface area contributed by atoms with Crippen molar-refractivity contribution in [3.63, 3.8) is 0 Å². The highest BCUT2D eigenvalue weighted by Gasteiger charge is 2.28. The number of H-pyrrole nitrogens is 2. The molecule has 0 atom stereocenters. The molecule has 0 spiro atoms. The third-order valence-electron chi connectivity index (χ3n) is 4.74. The topological polar surface area (TPSA) is 132 Å². The van der Waals surface area contributed by atoms with E-state index in [4.69, 9.17) is 5.11 Å². The predicted octanol–water partition coefficient (Wildman–Crippen LogP) is 1.86. The zero-order chi connectivity index (χ0) is 19.2. The lowest BCUT2D eigenvalue weighted by atomic mass is 10.0. The minimum absolute atomic E-state index is 0.000124. The van der Waals surface area contributed by atoms with E-state index in [9.17, 15) is 18.0 Å². The Labute approximate surface area is 154 Å². The zero-order valence-corrected chi connectivity index (χ0v) is 15.2. The third-order valence-corrected chi connectivity index (χ3v) is 6.26. The van der Waals surface area contributed by atoms with Gasteiger partial charge in [0.15, 0.2) is 0 Å². The van der Waals surface area contributed by atoms with Crippen LogP contribution in [0.25, 0.3) is 21.8 Å². The molecule has 2 heterocycles. The summed E-state index contributed by atoms with van der Waals surface area (Å²) in [4.78, 5) is 28.9. The van der Waals surface area contributed by atoms with E-state index in [1.54, 1.807) is 18.3 Å². The first kappa shape index (κ1) is 17.7. The Morgan fingerprint density at radius 3 is 2.78 bits per heavy atom. The third kappa shape index (κ3) is 3.47. The van der Waals surface area contributed by atoms with Crippen molar-refractivity contribution in [2.75, 3.05) is 0 Å². The zero-order valence-electron chi connectivity index (χ0n) is 14.4. The fraction of sp³-hybridized carbons (Fsp3) is 0.333. The molecule has 0 saturated heterocycles. The van der Waals surface area contributed by atoms with Gasteiger partial charge in [-0.2, -0.15) is 0 Å². The van der Waals surface area contributed by atoms with Gasteiger partial charge in [-0.05, 0) is 49.4 Å². The molecule has 142 valence electrons. The van der Waals surface area contributed by atoms with E-state index in [1.165, 1.54) is 6.07 Å². The normalized spacial score (nSPS) is 14.8. The molecule has 4 N–H and O–H groups in total. The molecule has 0 aliphatic heterocycles. The first-order valence-corrected chi connectivity index (χ1v) is 10.2. The number of carboxylic acid groups (broad SMARTS) is 1. The maximum atomic E-state index is 12.5. The molecule has 27 heavy (non-hydrogen) atoms. The van der Waals surface area contributed by atoms with Gasteiger partial charge in [0.25, 0.3) is 5.56 Å². The quantitative estimate of drug-likeness (QED) is 0.490. The Balaban J connectivity index is 1.84. The Kier molecular flexibility index (Phi) is 4.27. The molecule has 0 unspecified atom stereocenters. The number of hydrogen-bond acceptors (Lipinski definition) is 4. The van der Waals surface area contributed by atoms with Gasteiger partial charge in [0.05, 0.1) is 4.90 Å². The summed E-state index contributed by atoms with van der Waals surface area (Å²) < 4.78 is 27.7. The van der Waals surface area contributed by atoms with Crippen LogP contribution >= 0.6 is 0 Å². The molecule has 1 aromatic carbocycles. The number of sulfonamides is 1. The number of pyridine rings is 1. The summed E-state index contributed by atoms with van der Waals surface area (Å²) in [5.74, 6) is -0.878. The molecular formula is C18H19N3O5S. The van der Waals surface area contributed by atoms with Crippen LogP contribution in [0.4, 0.5) is 0 Å². The molecular weight excluding hydrogens is 370 g/mol. The molecule has 1 aliphatic carbocycles. The van der Waals surface area contributed by atoms with Crippen molar-refractivity contribution >= 4 is 37.8 Å². The smallest absolute Gasteiger partial charge is 0.303 e. The van der Waals surface area contributed by atoms with Crippen molar-refractivity contribution in [1.82, 2.24) is 14.7 Å². The summed E-state index contributed by atoms with van der Waals surface area (Å²) in [7, 11) is -3.62. The van der Waals surface area contributed by atoms with Crippen LogP contribution in [0.3, 0.4) is 0 Å². The average Bonchev–Trinajstić information content (AvgIpc) is 3.30. The molecule has 1 saturated carbocycles. The number of benzene rings is 1. The lowest BCUT2D eigenvalue weighted by Gasteiger charge is -2.08. The molecule has 3 aromatic rings. The number of carboxylic acids is 1. The second kappa shape index (κ2) is 6.50. The number of carbonyl (C=O) groups is 1. The van der Waals surface area contributed by atoms with Gasteiger partial charge in [-0.15, -0.1) is 0 Å².